The van der Waals surface area contributed by atoms with E-state index in [2.05, 4.69) is 29.8 Å². The van der Waals surface area contributed by atoms with E-state index in [0.29, 0.717) is 0 Å². The average molecular weight is 121 g/mol. The first kappa shape index (κ1) is 5.10. The van der Waals surface area contributed by atoms with Crippen LogP contribution in [0.2, 0.25) is 0 Å². The first-order chi connectivity index (χ1) is 4.38. The van der Waals surface area contributed by atoms with Crippen molar-refractivity contribution >= 4 is 0 Å². The van der Waals surface area contributed by atoms with Gasteiger partial charge in [0.1, 0.15) is 0 Å². The van der Waals surface area contributed by atoms with Gasteiger partial charge in [0, 0.05) is 17.9 Å². The summed E-state index contributed by atoms with van der Waals surface area (Å²) in [6, 6.07) is 5.09. The minimum absolute atomic E-state index is 0.745. The Kier molecular flexibility index (Phi) is 0.922. The van der Waals surface area contributed by atoms with E-state index in [4.69, 9.17) is 0 Å². The van der Waals surface area contributed by atoms with E-state index in [9.17, 15) is 0 Å². The summed E-state index contributed by atoms with van der Waals surface area (Å²) in [6.07, 6.45) is 4.78. The summed E-state index contributed by atoms with van der Waals surface area (Å²) < 4.78 is 2.36. The van der Waals surface area contributed by atoms with Crippen LogP contribution in [0.5, 0.6) is 0 Å². The van der Waals surface area contributed by atoms with Gasteiger partial charge in [0.05, 0.1) is 0 Å². The van der Waals surface area contributed by atoms with Gasteiger partial charge in [-0.3, -0.25) is 0 Å². The molecule has 1 aliphatic rings. The van der Waals surface area contributed by atoms with Crippen LogP contribution >= 0.6 is 0 Å². The van der Waals surface area contributed by atoms with Crippen molar-refractivity contribution in [2.24, 2.45) is 0 Å². The summed E-state index contributed by atoms with van der Waals surface area (Å²) in [7, 11) is 0. The Morgan fingerprint density at radius 3 is 3.33 bits per heavy atom. The number of aryl methyl sites for hydroxylation is 1. The first-order valence-corrected chi connectivity index (χ1v) is 3.53. The molecular weight excluding hydrogens is 110 g/mol. The molecule has 0 aromatic carbocycles. The lowest BCUT2D eigenvalue weighted by Crippen LogP contribution is -1.94. The molecule has 0 N–H and O–H groups in total. The summed E-state index contributed by atoms with van der Waals surface area (Å²) in [6.45, 7) is 2.27. The van der Waals surface area contributed by atoms with Gasteiger partial charge in [-0.1, -0.05) is 0 Å². The normalized spacial score (nSPS) is 24.3. The van der Waals surface area contributed by atoms with Crippen LogP contribution in [0, 0.1) is 0 Å². The fourth-order valence-electron chi connectivity index (χ4n) is 1.57. The lowest BCUT2D eigenvalue weighted by atomic mass is 10.2. The maximum Gasteiger partial charge on any atom is 0.0308 e. The highest BCUT2D eigenvalue weighted by molar-refractivity contribution is 5.12. The molecule has 2 rings (SSSR count). The SMILES string of the molecule is C[C@@H]1CCc2cccn21. The second-order valence-electron chi connectivity index (χ2n) is 2.79. The quantitative estimate of drug-likeness (QED) is 0.494. The summed E-state index contributed by atoms with van der Waals surface area (Å²) in [5.74, 6) is 0. The number of rotatable bonds is 0. The molecule has 1 aliphatic heterocycles. The average Bonchev–Trinajstić information content (AvgIpc) is 2.35. The molecule has 0 bridgehead atoms. The molecule has 0 spiro atoms. The van der Waals surface area contributed by atoms with Crippen molar-refractivity contribution in [1.29, 1.82) is 0 Å². The van der Waals surface area contributed by atoms with E-state index in [1.54, 1.807) is 0 Å². The zero-order chi connectivity index (χ0) is 6.27. The molecule has 0 amide bonds. The molecule has 0 fully saturated rings. The van der Waals surface area contributed by atoms with Crippen molar-refractivity contribution in [2.75, 3.05) is 0 Å². The van der Waals surface area contributed by atoms with Gasteiger partial charge in [0.2, 0.25) is 0 Å². The molecule has 0 unspecified atom stereocenters. The minimum atomic E-state index is 0.745. The maximum absolute atomic E-state index is 2.36. The number of hydrogen-bond donors (Lipinski definition) is 0. The highest BCUT2D eigenvalue weighted by Crippen LogP contribution is 2.24. The van der Waals surface area contributed by atoms with Gasteiger partial charge in [-0.2, -0.15) is 0 Å². The third kappa shape index (κ3) is 0.607. The number of nitrogens with zero attached hydrogens (tertiary/aromatic N) is 1. The first-order valence-electron chi connectivity index (χ1n) is 3.53. The van der Waals surface area contributed by atoms with Crippen LogP contribution in [0.3, 0.4) is 0 Å². The van der Waals surface area contributed by atoms with Crippen molar-refractivity contribution in [3.8, 4) is 0 Å². The van der Waals surface area contributed by atoms with Gasteiger partial charge in [-0.15, -0.1) is 0 Å². The van der Waals surface area contributed by atoms with E-state index >= 15 is 0 Å². The standard InChI is InChI=1S/C8H11N/c1-7-4-5-8-3-2-6-9(7)8/h2-3,6-7H,4-5H2,1H3/t7-/m1/s1. The van der Waals surface area contributed by atoms with Gasteiger partial charge in [-0.25, -0.2) is 0 Å². The predicted molar refractivity (Wildman–Crippen MR) is 37.5 cm³/mol. The molecule has 0 aliphatic carbocycles. The van der Waals surface area contributed by atoms with Crippen LogP contribution in [0.25, 0.3) is 0 Å². The van der Waals surface area contributed by atoms with Gasteiger partial charge in [-0.05, 0) is 31.9 Å². The second kappa shape index (κ2) is 1.63. The van der Waals surface area contributed by atoms with Crippen LogP contribution in [0.1, 0.15) is 25.1 Å². The van der Waals surface area contributed by atoms with Crippen molar-refractivity contribution in [1.82, 2.24) is 4.57 Å². The Morgan fingerprint density at radius 2 is 2.56 bits per heavy atom. The van der Waals surface area contributed by atoms with Crippen LogP contribution in [0.15, 0.2) is 18.3 Å². The third-order valence-electron chi connectivity index (χ3n) is 2.16. The Morgan fingerprint density at radius 1 is 1.67 bits per heavy atom. The van der Waals surface area contributed by atoms with Crippen molar-refractivity contribution in [3.05, 3.63) is 24.0 Å². The third-order valence-corrected chi connectivity index (χ3v) is 2.16. The van der Waals surface area contributed by atoms with Crippen LogP contribution in [0.4, 0.5) is 0 Å². The summed E-state index contributed by atoms with van der Waals surface area (Å²) >= 11 is 0. The molecule has 9 heavy (non-hydrogen) atoms. The van der Waals surface area contributed by atoms with Crippen LogP contribution < -0.4 is 0 Å². The predicted octanol–water partition coefficient (Wildman–Crippen LogP) is 2.00. The smallest absolute Gasteiger partial charge is 0.0308 e. The molecule has 48 valence electrons. The second-order valence-corrected chi connectivity index (χ2v) is 2.79. The molecule has 0 saturated heterocycles. The van der Waals surface area contributed by atoms with E-state index in [1.807, 2.05) is 0 Å². The summed E-state index contributed by atoms with van der Waals surface area (Å²) in [4.78, 5) is 0. The van der Waals surface area contributed by atoms with E-state index in [-0.39, 0.29) is 0 Å². The van der Waals surface area contributed by atoms with Gasteiger partial charge in [0.15, 0.2) is 0 Å². The van der Waals surface area contributed by atoms with E-state index in [0.717, 1.165) is 6.04 Å². The van der Waals surface area contributed by atoms with Crippen molar-refractivity contribution < 1.29 is 0 Å². The molecule has 1 aromatic heterocycles. The Hall–Kier alpha value is -0.720. The fraction of sp³-hybridized carbons (Fsp3) is 0.500. The topological polar surface area (TPSA) is 4.93 Å². The minimum Gasteiger partial charge on any atom is -0.349 e. The van der Waals surface area contributed by atoms with Gasteiger partial charge in [0.25, 0.3) is 0 Å². The Bertz CT molecular complexity index is 212. The van der Waals surface area contributed by atoms with E-state index in [1.165, 1.54) is 18.5 Å². The molecule has 0 radical (unpaired) electrons. The zero-order valence-electron chi connectivity index (χ0n) is 5.67. The number of hydrogen-bond acceptors (Lipinski definition) is 0. The number of fused-ring (bicyclic) bond motifs is 1. The Labute approximate surface area is 55.3 Å². The zero-order valence-corrected chi connectivity index (χ0v) is 5.67. The lowest BCUT2D eigenvalue weighted by Gasteiger charge is -2.03. The largest absolute Gasteiger partial charge is 0.349 e. The monoisotopic (exact) mass is 121 g/mol. The summed E-state index contributed by atoms with van der Waals surface area (Å²) in [5, 5.41) is 0. The Balaban J connectivity index is 2.49. The molecule has 1 heteroatoms. The fourth-order valence-corrected chi connectivity index (χ4v) is 1.57. The maximum atomic E-state index is 2.36. The molecule has 0 saturated carbocycles. The van der Waals surface area contributed by atoms with Crippen LogP contribution in [-0.4, -0.2) is 4.57 Å². The van der Waals surface area contributed by atoms with Gasteiger partial charge >= 0.3 is 0 Å². The molecule has 2 heterocycles. The van der Waals surface area contributed by atoms with Crippen molar-refractivity contribution in [2.45, 2.75) is 25.8 Å². The lowest BCUT2D eigenvalue weighted by molar-refractivity contribution is 0.581. The van der Waals surface area contributed by atoms with E-state index < -0.39 is 0 Å². The molecule has 1 aromatic rings. The molecular formula is C8H11N. The highest BCUT2D eigenvalue weighted by Gasteiger charge is 2.14. The molecule has 1 nitrogen and oxygen atoms in total. The highest BCUT2D eigenvalue weighted by atomic mass is 15.0. The number of aromatic nitrogens is 1. The van der Waals surface area contributed by atoms with Gasteiger partial charge < -0.3 is 4.57 Å². The van der Waals surface area contributed by atoms with Crippen molar-refractivity contribution in [3.63, 3.8) is 0 Å². The molecule has 1 atom stereocenters. The summed E-state index contributed by atoms with van der Waals surface area (Å²) in [5.41, 5.74) is 1.50. The van der Waals surface area contributed by atoms with Crippen LogP contribution in [-0.2, 0) is 6.42 Å².